The molecule has 2 aliphatic rings. The second-order valence-electron chi connectivity index (χ2n) is 7.98. The summed E-state index contributed by atoms with van der Waals surface area (Å²) in [5.41, 5.74) is -2.34. The zero-order valence-electron chi connectivity index (χ0n) is 17.2. The van der Waals surface area contributed by atoms with Gasteiger partial charge in [-0.1, -0.05) is 30.3 Å². The topological polar surface area (TPSA) is 53.5 Å². The van der Waals surface area contributed by atoms with E-state index in [0.29, 0.717) is 12.8 Å². The third-order valence-electron chi connectivity index (χ3n) is 5.92. The monoisotopic (exact) mass is 469 g/mol. The highest BCUT2D eigenvalue weighted by Crippen LogP contribution is 2.50. The number of hydrogen-bond donors (Lipinski definition) is 0. The van der Waals surface area contributed by atoms with Crippen molar-refractivity contribution in [2.75, 3.05) is 4.90 Å². The minimum Gasteiger partial charge on any atom is -0.305 e. The Morgan fingerprint density at radius 2 is 1.67 bits per heavy atom. The molecule has 168 valence electrons. The molecule has 0 bridgehead atoms. The molecule has 9 heteroatoms. The molecule has 0 N–H and O–H groups in total. The normalized spacial score (nSPS) is 17.2. The van der Waals surface area contributed by atoms with Crippen LogP contribution in [0.4, 0.5) is 23.7 Å². The molecular weight excluding hydrogens is 451 g/mol. The summed E-state index contributed by atoms with van der Waals surface area (Å²) in [4.78, 5) is 33.5. The number of alkyl halides is 3. The minimum absolute atomic E-state index is 0.00683. The second-order valence-corrected chi connectivity index (χ2v) is 9.12. The molecule has 0 radical (unpaired) electrons. The Kier molecular flexibility index (Phi) is 5.16. The number of anilines is 1. The van der Waals surface area contributed by atoms with Crippen molar-refractivity contribution in [2.24, 2.45) is 0 Å². The van der Waals surface area contributed by atoms with Gasteiger partial charge in [0, 0.05) is 29.4 Å². The number of rotatable bonds is 5. The number of imide groups is 1. The summed E-state index contributed by atoms with van der Waals surface area (Å²) in [7, 11) is 0. The van der Waals surface area contributed by atoms with Gasteiger partial charge in [-0.25, -0.2) is 9.69 Å². The number of halogens is 3. The third kappa shape index (κ3) is 3.97. The maximum Gasteiger partial charge on any atom is 0.446 e. The van der Waals surface area contributed by atoms with Gasteiger partial charge in [-0.2, -0.15) is 13.2 Å². The number of urea groups is 1. The van der Waals surface area contributed by atoms with Gasteiger partial charge in [0.1, 0.15) is 5.54 Å². The molecule has 0 unspecified atom stereocenters. The van der Waals surface area contributed by atoms with E-state index in [4.69, 9.17) is 0 Å². The fourth-order valence-electron chi connectivity index (χ4n) is 4.17. The molecule has 5 nitrogen and oxygen atoms in total. The lowest BCUT2D eigenvalue weighted by molar-refractivity contribution is -0.120. The van der Waals surface area contributed by atoms with E-state index in [1.54, 1.807) is 17.3 Å². The third-order valence-corrected chi connectivity index (χ3v) is 6.66. The number of amides is 3. The van der Waals surface area contributed by atoms with Gasteiger partial charge in [0.05, 0.1) is 5.69 Å². The Morgan fingerprint density at radius 3 is 2.30 bits per heavy atom. The van der Waals surface area contributed by atoms with E-state index in [0.717, 1.165) is 21.6 Å². The summed E-state index contributed by atoms with van der Waals surface area (Å²) in [5, 5.41) is 0. The summed E-state index contributed by atoms with van der Waals surface area (Å²) in [6.07, 6.45) is 4.50. The maximum atomic E-state index is 13.4. The quantitative estimate of drug-likeness (QED) is 0.347. The van der Waals surface area contributed by atoms with Crippen LogP contribution in [0.25, 0.3) is 11.1 Å². The fourth-order valence-corrected chi connectivity index (χ4v) is 4.71. The Bertz CT molecular complexity index is 1210. The summed E-state index contributed by atoms with van der Waals surface area (Å²) in [6.45, 7) is 0.232. The van der Waals surface area contributed by atoms with Crippen LogP contribution in [0.2, 0.25) is 0 Å². The average molecular weight is 469 g/mol. The van der Waals surface area contributed by atoms with Crippen LogP contribution < -0.4 is 4.90 Å². The molecule has 2 heterocycles. The summed E-state index contributed by atoms with van der Waals surface area (Å²) in [5.74, 6) is -0.334. The van der Waals surface area contributed by atoms with Crippen LogP contribution in [0.1, 0.15) is 18.4 Å². The van der Waals surface area contributed by atoms with E-state index < -0.39 is 17.1 Å². The highest BCUT2D eigenvalue weighted by atomic mass is 32.2. The van der Waals surface area contributed by atoms with Crippen LogP contribution in [-0.4, -0.2) is 32.9 Å². The van der Waals surface area contributed by atoms with E-state index in [1.165, 1.54) is 24.3 Å². The van der Waals surface area contributed by atoms with Crippen molar-refractivity contribution < 1.29 is 22.8 Å². The Labute approximate surface area is 192 Å². The standard InChI is InChI=1S/C24H18F3N3O2S/c25-24(26,27)33-19-8-6-18(7-9-19)30-21(31)23(11-12-23)29(22(30)32)15-17-10-13-28-14-20(17)16-4-2-1-3-5-16/h1-10,13-14H,11-12,15H2. The van der Waals surface area contributed by atoms with Gasteiger partial charge in [-0.15, -0.1) is 0 Å². The molecule has 1 aliphatic carbocycles. The predicted octanol–water partition coefficient (Wildman–Crippen LogP) is 5.86. The number of benzene rings is 2. The fraction of sp³-hybridized carbons (Fsp3) is 0.208. The molecule has 33 heavy (non-hydrogen) atoms. The molecule has 1 spiro atoms. The van der Waals surface area contributed by atoms with E-state index >= 15 is 0 Å². The zero-order chi connectivity index (χ0) is 23.2. The van der Waals surface area contributed by atoms with E-state index in [9.17, 15) is 22.8 Å². The molecule has 5 rings (SSSR count). The molecule has 0 atom stereocenters. The molecule has 1 aliphatic heterocycles. The summed E-state index contributed by atoms with van der Waals surface area (Å²) >= 11 is -0.237. The number of aromatic nitrogens is 1. The highest BCUT2D eigenvalue weighted by molar-refractivity contribution is 8.00. The van der Waals surface area contributed by atoms with E-state index in [2.05, 4.69) is 4.98 Å². The molecule has 1 aromatic heterocycles. The molecule has 1 saturated heterocycles. The lowest BCUT2D eigenvalue weighted by Gasteiger charge is -2.22. The average Bonchev–Trinajstić information content (AvgIpc) is 3.57. The number of carbonyl (C=O) groups is 2. The van der Waals surface area contributed by atoms with Crippen molar-refractivity contribution >= 4 is 29.4 Å². The smallest absolute Gasteiger partial charge is 0.305 e. The summed E-state index contributed by atoms with van der Waals surface area (Å²) < 4.78 is 37.9. The maximum absolute atomic E-state index is 13.4. The van der Waals surface area contributed by atoms with Crippen molar-refractivity contribution in [3.8, 4) is 11.1 Å². The SMILES string of the molecule is O=C1N(c2ccc(SC(F)(F)F)cc2)C(=O)C2(CC2)N1Cc1ccncc1-c1ccccc1. The number of nitrogens with zero attached hydrogens (tertiary/aromatic N) is 3. The second kappa shape index (κ2) is 7.91. The molecule has 3 amide bonds. The van der Waals surface area contributed by atoms with Gasteiger partial charge < -0.3 is 4.90 Å². The van der Waals surface area contributed by atoms with Crippen LogP contribution in [0, 0.1) is 0 Å². The van der Waals surface area contributed by atoms with Crippen LogP contribution in [0.15, 0.2) is 78.0 Å². The van der Waals surface area contributed by atoms with Crippen LogP contribution in [0.5, 0.6) is 0 Å². The lowest BCUT2D eigenvalue weighted by Crippen LogP contribution is -2.36. The van der Waals surface area contributed by atoms with Crippen molar-refractivity contribution in [3.05, 3.63) is 78.6 Å². The van der Waals surface area contributed by atoms with Gasteiger partial charge >= 0.3 is 11.5 Å². The zero-order valence-corrected chi connectivity index (χ0v) is 18.1. The molecule has 3 aromatic rings. The number of pyridine rings is 1. The predicted molar refractivity (Wildman–Crippen MR) is 118 cm³/mol. The van der Waals surface area contributed by atoms with Crippen LogP contribution >= 0.6 is 11.8 Å². The van der Waals surface area contributed by atoms with Crippen molar-refractivity contribution in [2.45, 2.75) is 35.3 Å². The first-order valence-corrected chi connectivity index (χ1v) is 11.1. The summed E-state index contributed by atoms with van der Waals surface area (Å²) in [6, 6.07) is 16.3. The minimum atomic E-state index is -4.41. The van der Waals surface area contributed by atoms with E-state index in [-0.39, 0.29) is 34.8 Å². The Morgan fingerprint density at radius 1 is 0.970 bits per heavy atom. The Hall–Kier alpha value is -3.33. The van der Waals surface area contributed by atoms with Gasteiger partial charge in [0.2, 0.25) is 0 Å². The van der Waals surface area contributed by atoms with Crippen LogP contribution in [-0.2, 0) is 11.3 Å². The first-order chi connectivity index (χ1) is 15.8. The largest absolute Gasteiger partial charge is 0.446 e. The number of hydrogen-bond acceptors (Lipinski definition) is 4. The lowest BCUT2D eigenvalue weighted by atomic mass is 10.0. The van der Waals surface area contributed by atoms with Crippen LogP contribution in [0.3, 0.4) is 0 Å². The highest BCUT2D eigenvalue weighted by Gasteiger charge is 2.65. The first-order valence-electron chi connectivity index (χ1n) is 10.3. The molecule has 2 aromatic carbocycles. The van der Waals surface area contributed by atoms with Gasteiger partial charge in [-0.3, -0.25) is 9.78 Å². The van der Waals surface area contributed by atoms with Crippen molar-refractivity contribution in [3.63, 3.8) is 0 Å². The van der Waals surface area contributed by atoms with Gasteiger partial charge in [0.15, 0.2) is 0 Å². The molecule has 2 fully saturated rings. The first kappa shape index (κ1) is 21.5. The van der Waals surface area contributed by atoms with Crippen molar-refractivity contribution in [1.82, 2.24) is 9.88 Å². The molecular formula is C24H18F3N3O2S. The van der Waals surface area contributed by atoms with Crippen molar-refractivity contribution in [1.29, 1.82) is 0 Å². The number of carbonyl (C=O) groups excluding carboxylic acids is 2. The molecule has 1 saturated carbocycles. The van der Waals surface area contributed by atoms with E-state index in [1.807, 2.05) is 36.4 Å². The Balaban J connectivity index is 1.44. The number of thioether (sulfide) groups is 1. The van der Waals surface area contributed by atoms with Gasteiger partial charge in [0.25, 0.3) is 5.91 Å². The van der Waals surface area contributed by atoms with Gasteiger partial charge in [-0.05, 0) is 66.1 Å².